The molecule has 0 saturated carbocycles. The van der Waals surface area contributed by atoms with Crippen LogP contribution in [0.3, 0.4) is 0 Å². The number of hydrogen-bond donors (Lipinski definition) is 2. The van der Waals surface area contributed by atoms with Crippen molar-refractivity contribution in [3.63, 3.8) is 0 Å². The summed E-state index contributed by atoms with van der Waals surface area (Å²) >= 11 is 1.53. The molecule has 1 atom stereocenters. The second-order valence-corrected chi connectivity index (χ2v) is 7.63. The van der Waals surface area contributed by atoms with Gasteiger partial charge in [-0.3, -0.25) is 9.69 Å². The van der Waals surface area contributed by atoms with Crippen LogP contribution >= 0.6 is 11.3 Å². The number of hydrogen-bond acceptors (Lipinski definition) is 6. The Hall–Kier alpha value is -3.33. The summed E-state index contributed by atoms with van der Waals surface area (Å²) < 4.78 is 10.4. The minimum atomic E-state index is -0.938. The van der Waals surface area contributed by atoms with E-state index >= 15 is 0 Å². The Bertz CT molecular complexity index is 952. The van der Waals surface area contributed by atoms with Crippen molar-refractivity contribution in [2.75, 3.05) is 13.7 Å². The molecule has 0 fully saturated rings. The van der Waals surface area contributed by atoms with Crippen molar-refractivity contribution in [1.82, 2.24) is 10.2 Å². The molecule has 1 aliphatic rings. The Morgan fingerprint density at radius 1 is 1.23 bits per heavy atom. The van der Waals surface area contributed by atoms with Crippen molar-refractivity contribution in [1.29, 1.82) is 0 Å². The number of benzene rings is 1. The number of ether oxygens (including phenoxy) is 2. The van der Waals surface area contributed by atoms with Crippen molar-refractivity contribution >= 4 is 29.3 Å². The van der Waals surface area contributed by atoms with Crippen LogP contribution in [0.15, 0.2) is 53.0 Å². The second-order valence-electron chi connectivity index (χ2n) is 6.60. The molecule has 1 unspecified atom stereocenters. The van der Waals surface area contributed by atoms with Gasteiger partial charge in [-0.2, -0.15) is 0 Å². The first-order valence-corrected chi connectivity index (χ1v) is 10.1. The van der Waals surface area contributed by atoms with Crippen LogP contribution in [0.5, 0.6) is 5.75 Å². The van der Waals surface area contributed by atoms with E-state index in [1.165, 1.54) is 23.3 Å². The predicted octanol–water partition coefficient (Wildman–Crippen LogP) is 3.32. The first-order valence-electron chi connectivity index (χ1n) is 9.24. The van der Waals surface area contributed by atoms with Crippen LogP contribution in [0.25, 0.3) is 0 Å². The molecule has 30 heavy (non-hydrogen) atoms. The highest BCUT2D eigenvalue weighted by molar-refractivity contribution is 7.09. The van der Waals surface area contributed by atoms with E-state index in [1.807, 2.05) is 17.5 Å². The van der Waals surface area contributed by atoms with Gasteiger partial charge < -0.3 is 19.9 Å². The summed E-state index contributed by atoms with van der Waals surface area (Å²) in [5.74, 6) is -0.954. The van der Waals surface area contributed by atoms with Gasteiger partial charge in [-0.1, -0.05) is 18.2 Å². The number of carbonyl (C=O) groups is 3. The van der Waals surface area contributed by atoms with E-state index in [0.29, 0.717) is 29.1 Å². The lowest BCUT2D eigenvalue weighted by atomic mass is 9.95. The van der Waals surface area contributed by atoms with Crippen molar-refractivity contribution in [2.45, 2.75) is 25.9 Å². The van der Waals surface area contributed by atoms with E-state index in [1.54, 1.807) is 31.2 Å². The van der Waals surface area contributed by atoms with Crippen LogP contribution in [0.1, 0.15) is 29.8 Å². The molecule has 0 saturated heterocycles. The van der Waals surface area contributed by atoms with Gasteiger partial charge in [0.25, 0.3) is 0 Å². The quantitative estimate of drug-likeness (QED) is 0.623. The number of carboxylic acid groups (broad SMARTS) is 1. The zero-order valence-electron chi connectivity index (χ0n) is 16.6. The molecule has 9 heteroatoms. The third-order valence-corrected chi connectivity index (χ3v) is 5.55. The van der Waals surface area contributed by atoms with Gasteiger partial charge in [-0.05, 0) is 36.1 Å². The highest BCUT2D eigenvalue weighted by atomic mass is 32.1. The largest absolute Gasteiger partial charge is 0.493 e. The predicted molar refractivity (Wildman–Crippen MR) is 110 cm³/mol. The number of thiophene rings is 1. The van der Waals surface area contributed by atoms with Crippen LogP contribution in [0.2, 0.25) is 0 Å². The summed E-state index contributed by atoms with van der Waals surface area (Å²) in [5.41, 5.74) is 1.57. The second kappa shape index (κ2) is 9.45. The molecule has 0 spiro atoms. The number of methoxy groups -OCH3 is 1. The third-order valence-electron chi connectivity index (χ3n) is 4.69. The fourth-order valence-corrected chi connectivity index (χ4v) is 3.86. The van der Waals surface area contributed by atoms with Gasteiger partial charge in [-0.15, -0.1) is 11.3 Å². The van der Waals surface area contributed by atoms with Gasteiger partial charge in [0.2, 0.25) is 0 Å². The molecule has 2 aromatic rings. The number of esters is 1. The van der Waals surface area contributed by atoms with Gasteiger partial charge in [-0.25, -0.2) is 9.59 Å². The van der Waals surface area contributed by atoms with E-state index in [9.17, 15) is 14.4 Å². The number of aliphatic carboxylic acids is 1. The number of rotatable bonds is 8. The molecule has 2 heterocycles. The smallest absolute Gasteiger partial charge is 0.337 e. The lowest BCUT2D eigenvalue weighted by Crippen LogP contribution is -2.47. The van der Waals surface area contributed by atoms with Crippen LogP contribution in [0.4, 0.5) is 4.79 Å². The minimum Gasteiger partial charge on any atom is -0.493 e. The minimum absolute atomic E-state index is 0.0545. The molecule has 2 amide bonds. The lowest BCUT2D eigenvalue weighted by molar-refractivity contribution is -0.138. The average molecular weight is 430 g/mol. The Balaban J connectivity index is 1.86. The van der Waals surface area contributed by atoms with Crippen LogP contribution in [-0.2, 0) is 20.9 Å². The zero-order valence-corrected chi connectivity index (χ0v) is 17.4. The molecule has 0 aliphatic carbocycles. The van der Waals surface area contributed by atoms with Crippen LogP contribution in [0, 0.1) is 0 Å². The Labute approximate surface area is 177 Å². The summed E-state index contributed by atoms with van der Waals surface area (Å²) in [5, 5.41) is 13.5. The van der Waals surface area contributed by atoms with Gasteiger partial charge in [0.15, 0.2) is 0 Å². The topological polar surface area (TPSA) is 105 Å². The summed E-state index contributed by atoms with van der Waals surface area (Å²) in [6.45, 7) is 2.15. The summed E-state index contributed by atoms with van der Waals surface area (Å²) in [6, 6.07) is 9.66. The maximum atomic E-state index is 12.8. The first-order chi connectivity index (χ1) is 14.4. The molecule has 0 bridgehead atoms. The molecule has 3 rings (SSSR count). The average Bonchev–Trinajstić information content (AvgIpc) is 3.24. The number of amides is 2. The fraction of sp³-hybridized carbons (Fsp3) is 0.286. The van der Waals surface area contributed by atoms with Crippen LogP contribution < -0.4 is 10.1 Å². The van der Waals surface area contributed by atoms with Gasteiger partial charge in [0, 0.05) is 10.6 Å². The normalized spacial score (nSPS) is 16.3. The Kier molecular flexibility index (Phi) is 6.73. The van der Waals surface area contributed by atoms with Gasteiger partial charge in [0.05, 0.1) is 38.3 Å². The van der Waals surface area contributed by atoms with Crippen molar-refractivity contribution in [3.8, 4) is 5.75 Å². The number of carboxylic acids is 1. The molecule has 1 aromatic heterocycles. The van der Waals surface area contributed by atoms with Crippen molar-refractivity contribution < 1.29 is 29.0 Å². The molecule has 158 valence electrons. The van der Waals surface area contributed by atoms with Gasteiger partial charge >= 0.3 is 18.0 Å². The molecule has 1 aliphatic heterocycles. The van der Waals surface area contributed by atoms with Gasteiger partial charge in [0.1, 0.15) is 5.75 Å². The Morgan fingerprint density at radius 3 is 2.57 bits per heavy atom. The van der Waals surface area contributed by atoms with E-state index in [-0.39, 0.29) is 19.1 Å². The number of nitrogens with one attached hydrogen (secondary N) is 1. The molecule has 8 nitrogen and oxygen atoms in total. The monoisotopic (exact) mass is 430 g/mol. The maximum Gasteiger partial charge on any atom is 0.337 e. The zero-order chi connectivity index (χ0) is 21.7. The molecule has 1 aromatic carbocycles. The first kappa shape index (κ1) is 21.4. The highest BCUT2D eigenvalue weighted by Crippen LogP contribution is 2.33. The number of allylic oxidation sites excluding steroid dienone is 1. The highest BCUT2D eigenvalue weighted by Gasteiger charge is 2.36. The molecule has 0 radical (unpaired) electrons. The van der Waals surface area contributed by atoms with E-state index in [0.717, 1.165) is 4.88 Å². The maximum absolute atomic E-state index is 12.8. The van der Waals surface area contributed by atoms with Crippen molar-refractivity contribution in [3.05, 3.63) is 63.5 Å². The number of carbonyl (C=O) groups excluding carboxylic acids is 2. The number of nitrogens with zero attached hydrogens (tertiary/aromatic N) is 1. The summed E-state index contributed by atoms with van der Waals surface area (Å²) in [4.78, 5) is 38.5. The standard InChI is InChI=1S/C21H22N2O6S/c1-13-18(20(26)28-2)19(22-21(27)23(13)12-16-4-3-11-30-16)14-5-7-15(8-6-14)29-10-9-17(24)25/h3-8,11,19H,9-10,12H2,1-2H3,(H,22,27)(H,24,25). The lowest BCUT2D eigenvalue weighted by Gasteiger charge is -2.35. The fourth-order valence-electron chi connectivity index (χ4n) is 3.17. The van der Waals surface area contributed by atoms with E-state index in [4.69, 9.17) is 14.6 Å². The van der Waals surface area contributed by atoms with E-state index < -0.39 is 18.0 Å². The third kappa shape index (κ3) is 4.80. The van der Waals surface area contributed by atoms with Crippen LogP contribution in [-0.4, -0.2) is 41.7 Å². The molecular formula is C21H22N2O6S. The Morgan fingerprint density at radius 2 is 1.97 bits per heavy atom. The molecule has 2 N–H and O–H groups in total. The summed E-state index contributed by atoms with van der Waals surface area (Å²) in [6.07, 6.45) is -0.102. The van der Waals surface area contributed by atoms with E-state index in [2.05, 4.69) is 5.32 Å². The summed E-state index contributed by atoms with van der Waals surface area (Å²) in [7, 11) is 1.30. The SMILES string of the molecule is COC(=O)C1=C(C)N(Cc2cccs2)C(=O)NC1c1ccc(OCCC(=O)O)cc1. The molecular weight excluding hydrogens is 408 g/mol. The number of urea groups is 1. The van der Waals surface area contributed by atoms with Crippen molar-refractivity contribution in [2.24, 2.45) is 0 Å².